The molecule has 0 bridgehead atoms. The molecule has 3 rings (SSSR count). The van der Waals surface area contributed by atoms with Crippen molar-refractivity contribution in [2.45, 2.75) is 11.8 Å². The van der Waals surface area contributed by atoms with Crippen molar-refractivity contribution in [3.8, 4) is 0 Å². The molecule has 0 spiro atoms. The number of nitrogens with zero attached hydrogens (tertiary/aromatic N) is 2. The van der Waals surface area contributed by atoms with E-state index in [2.05, 4.69) is 9.80 Å². The van der Waals surface area contributed by atoms with E-state index in [1.165, 1.54) is 0 Å². The summed E-state index contributed by atoms with van der Waals surface area (Å²) >= 11 is 0. The lowest BCUT2D eigenvalue weighted by atomic mass is 9.64. The maximum absolute atomic E-state index is 13.0. The van der Waals surface area contributed by atoms with Crippen LogP contribution in [0.5, 0.6) is 0 Å². The number of aliphatic hydroxyl groups is 1. The second kappa shape index (κ2) is 9.32. The second-order valence-electron chi connectivity index (χ2n) is 7.72. The fourth-order valence-corrected chi connectivity index (χ4v) is 4.51. The van der Waals surface area contributed by atoms with E-state index >= 15 is 0 Å². The molecule has 1 atom stereocenters. The fourth-order valence-electron chi connectivity index (χ4n) is 4.51. The molecule has 0 aromatic heterocycles. The molecule has 1 aliphatic rings. The first-order valence-corrected chi connectivity index (χ1v) is 10.0. The van der Waals surface area contributed by atoms with Crippen LogP contribution in [0.3, 0.4) is 0 Å². The zero-order valence-electron chi connectivity index (χ0n) is 16.6. The third-order valence-electron chi connectivity index (χ3n) is 6.01. The summed E-state index contributed by atoms with van der Waals surface area (Å²) in [6, 6.07) is 19.9. The number of hydrogen-bond acceptors (Lipinski definition) is 4. The monoisotopic (exact) mass is 381 g/mol. The number of benzene rings is 2. The van der Waals surface area contributed by atoms with Crippen LogP contribution in [0.2, 0.25) is 0 Å². The topological polar surface area (TPSA) is 69.8 Å². The number of carbonyl (C=O) groups excluding carboxylic acids is 1. The van der Waals surface area contributed by atoms with Crippen LogP contribution >= 0.6 is 0 Å². The van der Waals surface area contributed by atoms with Crippen LogP contribution in [-0.4, -0.2) is 67.2 Å². The summed E-state index contributed by atoms with van der Waals surface area (Å²) < 4.78 is 0. The van der Waals surface area contributed by atoms with Gasteiger partial charge in [0.15, 0.2) is 0 Å². The first kappa shape index (κ1) is 20.5. The van der Waals surface area contributed by atoms with Gasteiger partial charge in [-0.05, 0) is 37.1 Å². The van der Waals surface area contributed by atoms with Crippen LogP contribution in [0.25, 0.3) is 0 Å². The molecule has 0 radical (unpaired) electrons. The Morgan fingerprint density at radius 3 is 2.18 bits per heavy atom. The highest BCUT2D eigenvalue weighted by Crippen LogP contribution is 2.43. The highest BCUT2D eigenvalue weighted by atomic mass is 16.3. The van der Waals surface area contributed by atoms with Gasteiger partial charge in [0.1, 0.15) is 5.41 Å². The number of nitrogens with two attached hydrogens (primary N) is 1. The molecule has 0 aliphatic carbocycles. The molecule has 2 aromatic rings. The minimum atomic E-state index is -0.825. The molecule has 1 fully saturated rings. The molecule has 5 heteroatoms. The summed E-state index contributed by atoms with van der Waals surface area (Å²) in [6.45, 7) is 4.45. The van der Waals surface area contributed by atoms with Crippen LogP contribution in [0.15, 0.2) is 60.7 Å². The molecule has 5 nitrogen and oxygen atoms in total. The van der Waals surface area contributed by atoms with Crippen molar-refractivity contribution in [3.05, 3.63) is 71.8 Å². The SMILES string of the molecule is CN(CCO)CCN1CCC(C(C(N)=O)(c2ccccc2)c2ccccc2)C1. The molecule has 3 N–H and O–H groups in total. The van der Waals surface area contributed by atoms with Gasteiger partial charge in [-0.2, -0.15) is 0 Å². The summed E-state index contributed by atoms with van der Waals surface area (Å²) in [5.74, 6) is -0.160. The molecule has 28 heavy (non-hydrogen) atoms. The second-order valence-corrected chi connectivity index (χ2v) is 7.72. The molecule has 0 saturated carbocycles. The van der Waals surface area contributed by atoms with Gasteiger partial charge in [0.05, 0.1) is 6.61 Å². The minimum Gasteiger partial charge on any atom is -0.395 e. The smallest absolute Gasteiger partial charge is 0.232 e. The van der Waals surface area contributed by atoms with Crippen molar-refractivity contribution in [2.75, 3.05) is 46.4 Å². The Bertz CT molecular complexity index is 711. The van der Waals surface area contributed by atoms with Crippen molar-refractivity contribution in [1.82, 2.24) is 9.80 Å². The molecule has 150 valence electrons. The van der Waals surface area contributed by atoms with E-state index in [-0.39, 0.29) is 18.4 Å². The summed E-state index contributed by atoms with van der Waals surface area (Å²) in [5, 5.41) is 9.08. The quantitative estimate of drug-likeness (QED) is 0.694. The first-order valence-electron chi connectivity index (χ1n) is 10.0. The zero-order valence-corrected chi connectivity index (χ0v) is 16.6. The van der Waals surface area contributed by atoms with Gasteiger partial charge in [-0.15, -0.1) is 0 Å². The molecular formula is C23H31N3O2. The van der Waals surface area contributed by atoms with Gasteiger partial charge < -0.3 is 20.6 Å². The molecule has 1 amide bonds. The normalized spacial score (nSPS) is 17.9. The van der Waals surface area contributed by atoms with Gasteiger partial charge in [-0.3, -0.25) is 4.79 Å². The van der Waals surface area contributed by atoms with Crippen molar-refractivity contribution in [2.24, 2.45) is 11.7 Å². The summed E-state index contributed by atoms with van der Waals surface area (Å²) in [6.07, 6.45) is 0.927. The molecule has 1 saturated heterocycles. The van der Waals surface area contributed by atoms with Crippen molar-refractivity contribution in [1.29, 1.82) is 0 Å². The Kier molecular flexibility index (Phi) is 6.83. The first-order chi connectivity index (χ1) is 13.6. The average molecular weight is 382 g/mol. The Morgan fingerprint density at radius 1 is 1.11 bits per heavy atom. The summed E-state index contributed by atoms with van der Waals surface area (Å²) in [7, 11) is 2.02. The van der Waals surface area contributed by atoms with Gasteiger partial charge >= 0.3 is 0 Å². The van der Waals surface area contributed by atoms with Crippen molar-refractivity contribution >= 4 is 5.91 Å². The van der Waals surface area contributed by atoms with Crippen molar-refractivity contribution in [3.63, 3.8) is 0 Å². The Labute approximate surface area is 167 Å². The largest absolute Gasteiger partial charge is 0.395 e. The van der Waals surface area contributed by atoms with E-state index in [9.17, 15) is 4.79 Å². The number of likely N-dealkylation sites (N-methyl/N-ethyl adjacent to an activating group) is 1. The van der Waals surface area contributed by atoms with Crippen LogP contribution in [0.4, 0.5) is 0 Å². The van der Waals surface area contributed by atoms with E-state index in [1.807, 2.05) is 67.7 Å². The predicted molar refractivity (Wildman–Crippen MR) is 112 cm³/mol. The van der Waals surface area contributed by atoms with Gasteiger partial charge in [-0.25, -0.2) is 0 Å². The maximum Gasteiger partial charge on any atom is 0.232 e. The molecular weight excluding hydrogens is 350 g/mol. The Morgan fingerprint density at radius 2 is 1.68 bits per heavy atom. The van der Waals surface area contributed by atoms with Crippen LogP contribution in [0, 0.1) is 5.92 Å². The average Bonchev–Trinajstić information content (AvgIpc) is 3.18. The molecule has 1 unspecified atom stereocenters. The lowest BCUT2D eigenvalue weighted by Crippen LogP contribution is -2.49. The van der Waals surface area contributed by atoms with Crippen LogP contribution in [-0.2, 0) is 10.2 Å². The number of rotatable bonds is 9. The lowest BCUT2D eigenvalue weighted by Gasteiger charge is -2.37. The number of hydrogen-bond donors (Lipinski definition) is 2. The molecule has 1 aliphatic heterocycles. The van der Waals surface area contributed by atoms with Gasteiger partial charge in [0.2, 0.25) is 5.91 Å². The summed E-state index contributed by atoms with van der Waals surface area (Å²) in [4.78, 5) is 17.6. The zero-order chi connectivity index (χ0) is 20.0. The van der Waals surface area contributed by atoms with E-state index in [0.29, 0.717) is 6.54 Å². The van der Waals surface area contributed by atoms with Gasteiger partial charge in [0.25, 0.3) is 0 Å². The molecule has 1 heterocycles. The van der Waals surface area contributed by atoms with Gasteiger partial charge in [-0.1, -0.05) is 60.7 Å². The van der Waals surface area contributed by atoms with E-state index in [0.717, 1.165) is 43.7 Å². The standard InChI is InChI=1S/C23H31N3O2/c1-25(16-17-27)14-15-26-13-12-21(18-26)23(22(24)28,19-8-4-2-5-9-19)20-10-6-3-7-11-20/h2-11,21,27H,12-18H2,1H3,(H2,24,28). The highest BCUT2D eigenvalue weighted by Gasteiger charge is 2.49. The third kappa shape index (κ3) is 4.12. The van der Waals surface area contributed by atoms with Crippen LogP contribution in [0.1, 0.15) is 17.5 Å². The van der Waals surface area contributed by atoms with Crippen molar-refractivity contribution < 1.29 is 9.90 Å². The molecule has 2 aromatic carbocycles. The Hall–Kier alpha value is -2.21. The third-order valence-corrected chi connectivity index (χ3v) is 6.01. The van der Waals surface area contributed by atoms with E-state index < -0.39 is 5.41 Å². The predicted octanol–water partition coefficient (Wildman–Crippen LogP) is 1.70. The number of carbonyl (C=O) groups is 1. The van der Waals surface area contributed by atoms with Gasteiger partial charge in [0, 0.05) is 26.2 Å². The van der Waals surface area contributed by atoms with E-state index in [1.54, 1.807) is 0 Å². The number of likely N-dealkylation sites (tertiary alicyclic amines) is 1. The lowest BCUT2D eigenvalue weighted by molar-refractivity contribution is -0.123. The number of amides is 1. The fraction of sp³-hybridized carbons (Fsp3) is 0.435. The minimum absolute atomic E-state index is 0.123. The number of aliphatic hydroxyl groups excluding tert-OH is 1. The summed E-state index contributed by atoms with van der Waals surface area (Å²) in [5.41, 5.74) is 7.24. The van der Waals surface area contributed by atoms with Crippen LogP contribution < -0.4 is 5.73 Å². The van der Waals surface area contributed by atoms with E-state index in [4.69, 9.17) is 10.8 Å². The highest BCUT2D eigenvalue weighted by molar-refractivity contribution is 5.91. The number of primary amides is 1. The maximum atomic E-state index is 13.0. The Balaban J connectivity index is 1.90.